The molecule has 4 heteroatoms. The van der Waals surface area contributed by atoms with Crippen LogP contribution in [0, 0.1) is 6.92 Å². The number of hydrogen-bond acceptors (Lipinski definition) is 3. The predicted molar refractivity (Wildman–Crippen MR) is 60.8 cm³/mol. The second kappa shape index (κ2) is 5.26. The van der Waals surface area contributed by atoms with E-state index in [1.165, 1.54) is 0 Å². The molecule has 1 aromatic carbocycles. The maximum Gasteiger partial charge on any atom is 0.271 e. The quantitative estimate of drug-likeness (QED) is 0.572. The van der Waals surface area contributed by atoms with Crippen LogP contribution in [-0.4, -0.2) is 18.2 Å². The summed E-state index contributed by atoms with van der Waals surface area (Å²) in [4.78, 5) is 11.5. The highest BCUT2D eigenvalue weighted by atomic mass is 16.2. The van der Waals surface area contributed by atoms with Crippen molar-refractivity contribution in [2.45, 2.75) is 13.8 Å². The Balaban J connectivity index is 2.66. The lowest BCUT2D eigenvalue weighted by Crippen LogP contribution is -2.21. The van der Waals surface area contributed by atoms with E-state index < -0.39 is 0 Å². The number of nitrogens with two attached hydrogens (primary N) is 1. The van der Waals surface area contributed by atoms with E-state index in [1.807, 2.05) is 19.1 Å². The molecule has 0 saturated carbocycles. The number of amides is 1. The molecule has 0 aliphatic heterocycles. The van der Waals surface area contributed by atoms with E-state index in [2.05, 4.69) is 10.5 Å². The largest absolute Gasteiger partial charge is 0.325 e. The van der Waals surface area contributed by atoms with Gasteiger partial charge >= 0.3 is 0 Å². The summed E-state index contributed by atoms with van der Waals surface area (Å²) in [5.41, 5.74) is 10.2. The summed E-state index contributed by atoms with van der Waals surface area (Å²) >= 11 is 0. The fraction of sp³-hybridized carbons (Fsp3) is 0.273. The van der Waals surface area contributed by atoms with E-state index in [9.17, 15) is 4.79 Å². The first kappa shape index (κ1) is 11.4. The molecule has 0 spiro atoms. The van der Waals surface area contributed by atoms with Crippen LogP contribution in [0.5, 0.6) is 0 Å². The third-order valence-electron chi connectivity index (χ3n) is 1.96. The SMILES string of the molecule is C/C(CN)=N\NC(=O)c1ccc(C)cc1. The van der Waals surface area contributed by atoms with Crippen molar-refractivity contribution < 1.29 is 4.79 Å². The maximum absolute atomic E-state index is 11.5. The molecule has 0 heterocycles. The van der Waals surface area contributed by atoms with E-state index >= 15 is 0 Å². The minimum Gasteiger partial charge on any atom is -0.325 e. The summed E-state index contributed by atoms with van der Waals surface area (Å²) in [6.45, 7) is 4.07. The highest BCUT2D eigenvalue weighted by Crippen LogP contribution is 2.02. The zero-order chi connectivity index (χ0) is 11.3. The van der Waals surface area contributed by atoms with Gasteiger partial charge in [0.2, 0.25) is 0 Å². The summed E-state index contributed by atoms with van der Waals surface area (Å²) in [6, 6.07) is 7.29. The number of hydrazone groups is 1. The molecule has 0 fully saturated rings. The van der Waals surface area contributed by atoms with Crippen LogP contribution in [0.15, 0.2) is 29.4 Å². The lowest BCUT2D eigenvalue weighted by atomic mass is 10.1. The Morgan fingerprint density at radius 2 is 2.00 bits per heavy atom. The summed E-state index contributed by atoms with van der Waals surface area (Å²) < 4.78 is 0. The molecule has 15 heavy (non-hydrogen) atoms. The highest BCUT2D eigenvalue weighted by molar-refractivity contribution is 5.95. The molecule has 1 aromatic rings. The van der Waals surface area contributed by atoms with Gasteiger partial charge in [0.1, 0.15) is 0 Å². The van der Waals surface area contributed by atoms with Gasteiger partial charge in [0.15, 0.2) is 0 Å². The third-order valence-corrected chi connectivity index (χ3v) is 1.96. The molecule has 0 saturated heterocycles. The molecule has 0 aliphatic rings. The van der Waals surface area contributed by atoms with Gasteiger partial charge in [-0.2, -0.15) is 5.10 Å². The summed E-state index contributed by atoms with van der Waals surface area (Å²) in [5, 5.41) is 3.83. The lowest BCUT2D eigenvalue weighted by molar-refractivity contribution is 0.0955. The summed E-state index contributed by atoms with van der Waals surface area (Å²) in [6.07, 6.45) is 0. The van der Waals surface area contributed by atoms with Gasteiger partial charge in [0.25, 0.3) is 5.91 Å². The Bertz CT molecular complexity index is 368. The van der Waals surface area contributed by atoms with Gasteiger partial charge in [-0.25, -0.2) is 5.43 Å². The number of nitrogens with one attached hydrogen (secondary N) is 1. The smallest absolute Gasteiger partial charge is 0.271 e. The standard InChI is InChI=1S/C11H15N3O/c1-8-3-5-10(6-4-8)11(15)14-13-9(2)7-12/h3-6H,7,12H2,1-2H3,(H,14,15)/b13-9+. The van der Waals surface area contributed by atoms with E-state index in [1.54, 1.807) is 19.1 Å². The summed E-state index contributed by atoms with van der Waals surface area (Å²) in [7, 11) is 0. The second-order valence-corrected chi connectivity index (χ2v) is 3.36. The first-order valence-electron chi connectivity index (χ1n) is 4.73. The molecule has 1 amide bonds. The topological polar surface area (TPSA) is 67.5 Å². The molecule has 0 unspecified atom stereocenters. The number of carbonyl (C=O) groups is 1. The van der Waals surface area contributed by atoms with E-state index in [-0.39, 0.29) is 5.91 Å². The van der Waals surface area contributed by atoms with Gasteiger partial charge in [-0.05, 0) is 26.0 Å². The maximum atomic E-state index is 11.5. The van der Waals surface area contributed by atoms with Crippen LogP contribution in [0.4, 0.5) is 0 Å². The van der Waals surface area contributed by atoms with Crippen molar-refractivity contribution in [3.63, 3.8) is 0 Å². The molecule has 0 aromatic heterocycles. The van der Waals surface area contributed by atoms with Crippen LogP contribution in [0.3, 0.4) is 0 Å². The van der Waals surface area contributed by atoms with Crippen LogP contribution >= 0.6 is 0 Å². The van der Waals surface area contributed by atoms with Gasteiger partial charge in [-0.1, -0.05) is 17.7 Å². The number of benzene rings is 1. The Morgan fingerprint density at radius 3 is 2.53 bits per heavy atom. The van der Waals surface area contributed by atoms with Crippen molar-refractivity contribution in [2.24, 2.45) is 10.8 Å². The molecule has 3 N–H and O–H groups in total. The predicted octanol–water partition coefficient (Wildman–Crippen LogP) is 1.06. The van der Waals surface area contributed by atoms with Gasteiger partial charge < -0.3 is 5.73 Å². The Morgan fingerprint density at radius 1 is 1.40 bits per heavy atom. The fourth-order valence-corrected chi connectivity index (χ4v) is 0.961. The molecular weight excluding hydrogens is 190 g/mol. The van der Waals surface area contributed by atoms with Gasteiger partial charge in [0, 0.05) is 17.8 Å². The van der Waals surface area contributed by atoms with Gasteiger partial charge in [-0.3, -0.25) is 4.79 Å². The normalized spacial score (nSPS) is 11.3. The van der Waals surface area contributed by atoms with E-state index in [0.717, 1.165) is 5.56 Å². The molecular formula is C11H15N3O. The van der Waals surface area contributed by atoms with E-state index in [0.29, 0.717) is 17.8 Å². The lowest BCUT2D eigenvalue weighted by Gasteiger charge is -2.01. The number of nitrogens with zero attached hydrogens (tertiary/aromatic N) is 1. The first-order chi connectivity index (χ1) is 7.13. The number of hydrogen-bond donors (Lipinski definition) is 2. The van der Waals surface area contributed by atoms with Crippen molar-refractivity contribution in [2.75, 3.05) is 6.54 Å². The van der Waals surface area contributed by atoms with Crippen LogP contribution in [-0.2, 0) is 0 Å². The highest BCUT2D eigenvalue weighted by Gasteiger charge is 2.02. The molecule has 0 radical (unpaired) electrons. The Kier molecular flexibility index (Phi) is 4.00. The van der Waals surface area contributed by atoms with Crippen LogP contribution in [0.25, 0.3) is 0 Å². The Labute approximate surface area is 89.2 Å². The second-order valence-electron chi connectivity index (χ2n) is 3.36. The molecule has 0 bridgehead atoms. The number of carbonyl (C=O) groups excluding carboxylic acids is 1. The number of aryl methyl sites for hydroxylation is 1. The molecule has 80 valence electrons. The van der Waals surface area contributed by atoms with Crippen molar-refractivity contribution in [1.82, 2.24) is 5.43 Å². The van der Waals surface area contributed by atoms with Crippen LogP contribution < -0.4 is 11.2 Å². The molecule has 4 nitrogen and oxygen atoms in total. The number of rotatable bonds is 3. The zero-order valence-electron chi connectivity index (χ0n) is 8.95. The summed E-state index contributed by atoms with van der Waals surface area (Å²) in [5.74, 6) is -0.220. The minimum atomic E-state index is -0.220. The van der Waals surface area contributed by atoms with Crippen molar-refractivity contribution in [1.29, 1.82) is 0 Å². The zero-order valence-corrected chi connectivity index (χ0v) is 8.95. The first-order valence-corrected chi connectivity index (χ1v) is 4.73. The average Bonchev–Trinajstić information content (AvgIpc) is 2.26. The van der Waals surface area contributed by atoms with Gasteiger partial charge in [0.05, 0.1) is 0 Å². The van der Waals surface area contributed by atoms with Crippen LogP contribution in [0.2, 0.25) is 0 Å². The fourth-order valence-electron chi connectivity index (χ4n) is 0.961. The molecule has 1 rings (SSSR count). The third kappa shape index (κ3) is 3.52. The van der Waals surface area contributed by atoms with Crippen molar-refractivity contribution >= 4 is 11.6 Å². The van der Waals surface area contributed by atoms with Crippen molar-refractivity contribution in [3.05, 3.63) is 35.4 Å². The van der Waals surface area contributed by atoms with Crippen LogP contribution in [0.1, 0.15) is 22.8 Å². The molecule has 0 atom stereocenters. The Hall–Kier alpha value is -1.68. The average molecular weight is 205 g/mol. The minimum absolute atomic E-state index is 0.220. The molecule has 0 aliphatic carbocycles. The van der Waals surface area contributed by atoms with Crippen molar-refractivity contribution in [3.8, 4) is 0 Å². The van der Waals surface area contributed by atoms with Gasteiger partial charge in [-0.15, -0.1) is 0 Å². The van der Waals surface area contributed by atoms with E-state index in [4.69, 9.17) is 5.73 Å². The monoisotopic (exact) mass is 205 g/mol.